The van der Waals surface area contributed by atoms with Crippen LogP contribution < -0.4 is 0 Å². The van der Waals surface area contributed by atoms with E-state index in [4.69, 9.17) is 4.99 Å². The maximum Gasteiger partial charge on any atom is 0.163 e. The van der Waals surface area contributed by atoms with Gasteiger partial charge in [0.1, 0.15) is 5.82 Å². The molecule has 0 amide bonds. The predicted molar refractivity (Wildman–Crippen MR) is 133 cm³/mol. The lowest BCUT2D eigenvalue weighted by atomic mass is 9.78. The van der Waals surface area contributed by atoms with E-state index in [1.54, 1.807) is 23.9 Å². The van der Waals surface area contributed by atoms with Gasteiger partial charge in [0.05, 0.1) is 11.4 Å². The van der Waals surface area contributed by atoms with E-state index in [1.807, 2.05) is 36.4 Å². The summed E-state index contributed by atoms with van der Waals surface area (Å²) < 4.78 is 13.6. The van der Waals surface area contributed by atoms with Crippen LogP contribution in [0.3, 0.4) is 0 Å². The zero-order valence-electron chi connectivity index (χ0n) is 18.9. The Morgan fingerprint density at radius 3 is 2.55 bits per heavy atom. The van der Waals surface area contributed by atoms with Gasteiger partial charge in [-0.25, -0.2) is 9.38 Å². The number of halogens is 1. The first kappa shape index (κ1) is 22.1. The van der Waals surface area contributed by atoms with Crippen LogP contribution in [0.15, 0.2) is 81.5 Å². The molecule has 1 saturated carbocycles. The molecule has 2 aliphatic rings. The number of carbonyl (C=O) groups is 1. The van der Waals surface area contributed by atoms with Crippen LogP contribution in [0.5, 0.6) is 0 Å². The van der Waals surface area contributed by atoms with E-state index in [0.29, 0.717) is 18.3 Å². The standard InChI is InChI=1S/C29H28FNOS/c1-19(20-7-3-2-4-8-20)17-26(32)22-13-16-28-25(18-22)31-29(21-11-14-23(30)15-12-21)24-9-5-6-10-27(24)33-28/h5-6,9-16,18-20H,2-4,7-8,17H2,1H3. The summed E-state index contributed by atoms with van der Waals surface area (Å²) in [4.78, 5) is 20.3. The number of rotatable bonds is 5. The summed E-state index contributed by atoms with van der Waals surface area (Å²) in [7, 11) is 0. The normalized spacial score (nSPS) is 16.8. The van der Waals surface area contributed by atoms with Crippen molar-refractivity contribution in [1.29, 1.82) is 0 Å². The van der Waals surface area contributed by atoms with Gasteiger partial charge in [-0.1, -0.05) is 75.1 Å². The van der Waals surface area contributed by atoms with Crippen LogP contribution in [-0.2, 0) is 0 Å². The first-order valence-corrected chi connectivity index (χ1v) is 12.7. The van der Waals surface area contributed by atoms with Gasteiger partial charge in [-0.3, -0.25) is 4.79 Å². The van der Waals surface area contributed by atoms with Crippen LogP contribution in [0.25, 0.3) is 0 Å². The zero-order valence-corrected chi connectivity index (χ0v) is 19.7. The topological polar surface area (TPSA) is 29.4 Å². The van der Waals surface area contributed by atoms with Crippen molar-refractivity contribution in [2.24, 2.45) is 16.8 Å². The van der Waals surface area contributed by atoms with E-state index in [9.17, 15) is 9.18 Å². The lowest BCUT2D eigenvalue weighted by Gasteiger charge is -2.27. The molecule has 2 nitrogen and oxygen atoms in total. The van der Waals surface area contributed by atoms with Gasteiger partial charge in [-0.15, -0.1) is 0 Å². The number of hydrogen-bond donors (Lipinski definition) is 0. The number of benzene rings is 3. The summed E-state index contributed by atoms with van der Waals surface area (Å²) in [6.07, 6.45) is 7.00. The Morgan fingerprint density at radius 1 is 1.00 bits per heavy atom. The average Bonchev–Trinajstić information content (AvgIpc) is 3.01. The molecule has 0 saturated heterocycles. The smallest absolute Gasteiger partial charge is 0.163 e. The van der Waals surface area contributed by atoms with Gasteiger partial charge in [-0.2, -0.15) is 0 Å². The molecule has 168 valence electrons. The van der Waals surface area contributed by atoms with Crippen LogP contribution in [0.4, 0.5) is 10.1 Å². The number of ketones is 1. The Bertz CT molecular complexity index is 1190. The molecule has 4 heteroatoms. The van der Waals surface area contributed by atoms with Crippen LogP contribution in [0.2, 0.25) is 0 Å². The molecule has 1 aliphatic carbocycles. The van der Waals surface area contributed by atoms with E-state index in [-0.39, 0.29) is 11.6 Å². The average molecular weight is 458 g/mol. The molecule has 33 heavy (non-hydrogen) atoms. The molecule has 1 atom stereocenters. The van der Waals surface area contributed by atoms with Crippen LogP contribution in [0, 0.1) is 17.7 Å². The minimum Gasteiger partial charge on any atom is -0.294 e. The second-order valence-corrected chi connectivity index (χ2v) is 10.3. The van der Waals surface area contributed by atoms with Gasteiger partial charge in [0, 0.05) is 32.9 Å². The molecule has 3 aromatic rings. The fourth-order valence-electron chi connectivity index (χ4n) is 5.02. The number of carbonyl (C=O) groups excluding carboxylic acids is 1. The van der Waals surface area contributed by atoms with E-state index in [2.05, 4.69) is 13.0 Å². The summed E-state index contributed by atoms with van der Waals surface area (Å²) in [5, 5.41) is 0. The number of fused-ring (bicyclic) bond motifs is 2. The largest absolute Gasteiger partial charge is 0.294 e. The van der Waals surface area contributed by atoms with Crippen LogP contribution in [-0.4, -0.2) is 11.5 Å². The second kappa shape index (κ2) is 9.64. The molecule has 0 bridgehead atoms. The SMILES string of the molecule is CC(CC(=O)c1ccc2c(c1)N=C(c1ccc(F)cc1)c1ccccc1S2)C1CCCCC1. The van der Waals surface area contributed by atoms with Gasteiger partial charge in [0.2, 0.25) is 0 Å². The lowest BCUT2D eigenvalue weighted by Crippen LogP contribution is -2.18. The van der Waals surface area contributed by atoms with E-state index in [0.717, 1.165) is 37.9 Å². The maximum absolute atomic E-state index is 13.6. The zero-order chi connectivity index (χ0) is 22.8. The molecule has 1 heterocycles. The third-order valence-corrected chi connectivity index (χ3v) is 8.10. The van der Waals surface area contributed by atoms with E-state index < -0.39 is 0 Å². The first-order valence-electron chi connectivity index (χ1n) is 11.9. The molecular formula is C29H28FNOS. The Hall–Kier alpha value is -2.72. The van der Waals surface area contributed by atoms with Gasteiger partial charge in [0.15, 0.2) is 5.78 Å². The monoisotopic (exact) mass is 457 g/mol. The summed E-state index contributed by atoms with van der Waals surface area (Å²) in [5.74, 6) is 1.00. The number of aliphatic imine (C=N–C) groups is 1. The summed E-state index contributed by atoms with van der Waals surface area (Å²) in [6.45, 7) is 2.23. The predicted octanol–water partition coefficient (Wildman–Crippen LogP) is 8.25. The quantitative estimate of drug-likeness (QED) is 0.282. The van der Waals surface area contributed by atoms with Crippen molar-refractivity contribution in [3.05, 3.63) is 89.2 Å². The maximum atomic E-state index is 13.6. The van der Waals surface area contributed by atoms with Crippen molar-refractivity contribution in [2.75, 3.05) is 0 Å². The Balaban J connectivity index is 1.48. The fraction of sp³-hybridized carbons (Fsp3) is 0.310. The first-order chi connectivity index (χ1) is 16.1. The fourth-order valence-corrected chi connectivity index (χ4v) is 6.03. The van der Waals surface area contributed by atoms with Gasteiger partial charge in [-0.05, 0) is 54.3 Å². The van der Waals surface area contributed by atoms with Gasteiger partial charge < -0.3 is 0 Å². The molecule has 5 rings (SSSR count). The molecule has 0 N–H and O–H groups in total. The van der Waals surface area contributed by atoms with Crippen molar-refractivity contribution in [3.63, 3.8) is 0 Å². The van der Waals surface area contributed by atoms with Crippen molar-refractivity contribution < 1.29 is 9.18 Å². The van der Waals surface area contributed by atoms with Gasteiger partial charge >= 0.3 is 0 Å². The lowest BCUT2D eigenvalue weighted by molar-refractivity contribution is 0.0939. The Labute approximate surface area is 199 Å². The van der Waals surface area contributed by atoms with Crippen LogP contribution in [0.1, 0.15) is 66.9 Å². The van der Waals surface area contributed by atoms with Crippen LogP contribution >= 0.6 is 11.8 Å². The minimum absolute atomic E-state index is 0.196. The molecule has 3 aromatic carbocycles. The van der Waals surface area contributed by atoms with E-state index >= 15 is 0 Å². The molecule has 1 fully saturated rings. The molecule has 0 aromatic heterocycles. The third-order valence-electron chi connectivity index (χ3n) is 6.95. The minimum atomic E-state index is -0.268. The van der Waals surface area contributed by atoms with Crippen molar-refractivity contribution in [2.45, 2.75) is 55.2 Å². The van der Waals surface area contributed by atoms with Crippen molar-refractivity contribution in [3.8, 4) is 0 Å². The van der Waals surface area contributed by atoms with Crippen molar-refractivity contribution in [1.82, 2.24) is 0 Å². The Kier molecular flexibility index (Phi) is 6.45. The summed E-state index contributed by atoms with van der Waals surface area (Å²) >= 11 is 1.66. The van der Waals surface area contributed by atoms with Crippen molar-refractivity contribution >= 4 is 28.9 Å². The molecule has 1 unspecified atom stereocenters. The van der Waals surface area contributed by atoms with Gasteiger partial charge in [0.25, 0.3) is 0 Å². The highest BCUT2D eigenvalue weighted by molar-refractivity contribution is 7.99. The second-order valence-electron chi connectivity index (χ2n) is 9.25. The summed E-state index contributed by atoms with van der Waals surface area (Å²) in [5.41, 5.74) is 4.21. The number of nitrogens with zero attached hydrogens (tertiary/aromatic N) is 1. The molecule has 1 aliphatic heterocycles. The molecule has 0 spiro atoms. The highest BCUT2D eigenvalue weighted by Gasteiger charge is 2.24. The molecular weight excluding hydrogens is 429 g/mol. The highest BCUT2D eigenvalue weighted by Crippen LogP contribution is 2.42. The Morgan fingerprint density at radius 2 is 1.76 bits per heavy atom. The number of Topliss-reactive ketones (excluding diaryl/α,β-unsaturated/α-hetero) is 1. The third kappa shape index (κ3) is 4.81. The summed E-state index contributed by atoms with van der Waals surface area (Å²) in [6, 6.07) is 20.5. The highest BCUT2D eigenvalue weighted by atomic mass is 32.2. The number of hydrogen-bond acceptors (Lipinski definition) is 3. The van der Waals surface area contributed by atoms with E-state index in [1.165, 1.54) is 44.2 Å². The molecule has 0 radical (unpaired) electrons.